The maximum Gasteiger partial charge on any atom is 0.416 e. The lowest BCUT2D eigenvalue weighted by molar-refractivity contribution is -0.165. The molecule has 1 aromatic heterocycles. The number of pyridine rings is 1. The lowest BCUT2D eigenvalue weighted by Crippen LogP contribution is -2.48. The summed E-state index contributed by atoms with van der Waals surface area (Å²) in [6.45, 7) is 5.00. The van der Waals surface area contributed by atoms with Crippen molar-refractivity contribution in [3.05, 3.63) is 141 Å². The number of fused-ring (bicyclic) bond motifs is 1. The summed E-state index contributed by atoms with van der Waals surface area (Å²) in [6.07, 6.45) is -7.00. The summed E-state index contributed by atoms with van der Waals surface area (Å²) in [5.41, 5.74) is 2.69. The summed E-state index contributed by atoms with van der Waals surface area (Å²) in [4.78, 5) is 51.4. The van der Waals surface area contributed by atoms with Gasteiger partial charge in [0.1, 0.15) is 6.54 Å². The van der Waals surface area contributed by atoms with Gasteiger partial charge >= 0.3 is 18.1 Å². The largest absolute Gasteiger partial charge is 0.479 e. The average Bonchev–Trinajstić information content (AvgIpc) is 3.24. The highest BCUT2D eigenvalue weighted by Crippen LogP contribution is 2.31. The van der Waals surface area contributed by atoms with Crippen molar-refractivity contribution in [3.63, 3.8) is 0 Å². The Kier molecular flexibility index (Phi) is 14.9. The van der Waals surface area contributed by atoms with Gasteiger partial charge in [-0.3, -0.25) is 9.59 Å². The van der Waals surface area contributed by atoms with Crippen molar-refractivity contribution in [2.24, 2.45) is 0 Å². The van der Waals surface area contributed by atoms with E-state index in [0.717, 1.165) is 61.8 Å². The van der Waals surface area contributed by atoms with Crippen LogP contribution in [0.2, 0.25) is 0 Å². The second-order valence-corrected chi connectivity index (χ2v) is 14.3. The molecule has 2 heterocycles. The van der Waals surface area contributed by atoms with E-state index in [1.807, 2.05) is 33.7 Å². The van der Waals surface area contributed by atoms with E-state index in [-0.39, 0.29) is 42.3 Å². The molecule has 60 heavy (non-hydrogen) atoms. The summed E-state index contributed by atoms with van der Waals surface area (Å²) >= 11 is 0. The van der Waals surface area contributed by atoms with Crippen LogP contribution in [0.25, 0.3) is 22.0 Å². The molecule has 0 unspecified atom stereocenters. The molecule has 1 fully saturated rings. The number of carbonyl (C=O) groups excluding carboxylic acids is 1. The zero-order chi connectivity index (χ0) is 43.7. The van der Waals surface area contributed by atoms with Gasteiger partial charge in [0.15, 0.2) is 29.3 Å². The van der Waals surface area contributed by atoms with E-state index in [1.165, 1.54) is 30.3 Å². The number of benzene rings is 4. The molecule has 11 nitrogen and oxygen atoms in total. The van der Waals surface area contributed by atoms with E-state index in [9.17, 15) is 41.1 Å². The number of carboxylic acid groups (broad SMARTS) is 2. The number of para-hydroxylation sites is 1. The van der Waals surface area contributed by atoms with E-state index in [0.29, 0.717) is 28.7 Å². The highest BCUT2D eigenvalue weighted by Gasteiger charge is 2.31. The van der Waals surface area contributed by atoms with Gasteiger partial charge in [-0.25, -0.2) is 18.4 Å². The molecular formula is C44H44F5N3O8. The number of carboxylic acids is 2. The van der Waals surface area contributed by atoms with Crippen LogP contribution in [0, 0.1) is 11.6 Å². The summed E-state index contributed by atoms with van der Waals surface area (Å²) in [6, 6.07) is 25.0. The third-order valence-corrected chi connectivity index (χ3v) is 10.5. The van der Waals surface area contributed by atoms with E-state index in [4.69, 9.17) is 20.4 Å². The van der Waals surface area contributed by atoms with E-state index in [2.05, 4.69) is 11.8 Å². The number of amides is 1. The molecule has 0 saturated carbocycles. The van der Waals surface area contributed by atoms with Crippen LogP contribution in [-0.4, -0.2) is 90.5 Å². The quantitative estimate of drug-likeness (QED) is 0.102. The van der Waals surface area contributed by atoms with Crippen LogP contribution < -0.4 is 5.43 Å². The molecule has 0 radical (unpaired) electrons. The number of piperidine rings is 1. The van der Waals surface area contributed by atoms with Crippen LogP contribution in [0.1, 0.15) is 42.1 Å². The number of aliphatic hydroxyl groups is 2. The Balaban J connectivity index is 0.000000606. The zero-order valence-electron chi connectivity index (χ0n) is 32.5. The summed E-state index contributed by atoms with van der Waals surface area (Å²) in [5, 5.41) is 33.0. The molecule has 2 atom stereocenters. The number of carbonyl (C=O) groups is 3. The normalized spacial score (nSPS) is 14.5. The Morgan fingerprint density at radius 2 is 1.38 bits per heavy atom. The van der Waals surface area contributed by atoms with Crippen molar-refractivity contribution in [3.8, 4) is 11.1 Å². The zero-order valence-corrected chi connectivity index (χ0v) is 32.5. The topological polar surface area (TPSA) is 161 Å². The van der Waals surface area contributed by atoms with Crippen LogP contribution >= 0.6 is 0 Å². The van der Waals surface area contributed by atoms with Crippen LogP contribution in [0.4, 0.5) is 22.0 Å². The lowest BCUT2D eigenvalue weighted by Gasteiger charge is -2.38. The summed E-state index contributed by atoms with van der Waals surface area (Å²) in [7, 11) is 0. The highest BCUT2D eigenvalue weighted by atomic mass is 19.4. The first-order valence-electron chi connectivity index (χ1n) is 19.1. The van der Waals surface area contributed by atoms with Crippen molar-refractivity contribution in [1.82, 2.24) is 14.4 Å². The van der Waals surface area contributed by atoms with Crippen molar-refractivity contribution >= 4 is 28.7 Å². The molecule has 318 valence electrons. The van der Waals surface area contributed by atoms with E-state index < -0.39 is 47.5 Å². The van der Waals surface area contributed by atoms with Crippen LogP contribution in [0.3, 0.4) is 0 Å². The fourth-order valence-corrected chi connectivity index (χ4v) is 7.09. The minimum absolute atomic E-state index is 0.0321. The Hall–Kier alpha value is -5.97. The first-order valence-corrected chi connectivity index (χ1v) is 19.1. The van der Waals surface area contributed by atoms with Gasteiger partial charge in [-0.1, -0.05) is 67.6 Å². The fraction of sp³-hybridized carbons (Fsp3) is 0.318. The molecule has 0 aliphatic carbocycles. The Bertz CT molecular complexity index is 2330. The molecule has 1 aliphatic rings. The number of rotatable bonds is 13. The smallest absolute Gasteiger partial charge is 0.416 e. The number of aliphatic carboxylic acids is 2. The van der Waals surface area contributed by atoms with Gasteiger partial charge < -0.3 is 34.8 Å². The molecular weight excluding hydrogens is 793 g/mol. The Labute approximate surface area is 341 Å². The maximum atomic E-state index is 14.6. The third-order valence-electron chi connectivity index (χ3n) is 10.5. The van der Waals surface area contributed by atoms with Crippen molar-refractivity contribution < 1.29 is 56.8 Å². The summed E-state index contributed by atoms with van der Waals surface area (Å²) < 4.78 is 69.5. The second kappa shape index (κ2) is 19.9. The van der Waals surface area contributed by atoms with Crippen LogP contribution in [0.5, 0.6) is 0 Å². The predicted molar refractivity (Wildman–Crippen MR) is 212 cm³/mol. The highest BCUT2D eigenvalue weighted by molar-refractivity contribution is 5.84. The number of hydrogen-bond acceptors (Lipinski definition) is 7. The Morgan fingerprint density at radius 1 is 0.800 bits per heavy atom. The fourth-order valence-electron chi connectivity index (χ4n) is 7.09. The SMILES string of the molecule is CCN1CCC(N(Cc2ccc(-c3ccc(C(F)(F)F)cc3)cc2)C(=O)Cn2c(CCc3cccc(F)c3F)cc(=O)c3ccccc32)CC1.O=C(O)[C@H](O)[C@@H](O)C(=O)O. The third kappa shape index (κ3) is 11.2. The van der Waals surface area contributed by atoms with Gasteiger partial charge in [-0.2, -0.15) is 13.2 Å². The number of aliphatic hydroxyl groups excluding tert-OH is 2. The standard InChI is InChI=1S/C40H38F5N3O2.C4H6O6/c1-2-46-22-20-32(21-23-46)48(25-27-10-12-28(13-11-27)29-14-17-31(18-15-29)40(43,44)45)38(50)26-47-33(19-16-30-6-5-8-35(41)39(30)42)24-37(49)34-7-3-4-9-36(34)47;5-1(3(7)8)2(6)4(9)10/h3-15,17-18,24,32H,2,16,19-23,25-26H2,1H3;1-2,5-6H,(H,7,8)(H,9,10)/t;1-,2-/m.1/s1. The number of alkyl halides is 3. The molecule has 1 aliphatic heterocycles. The molecule has 0 bridgehead atoms. The van der Waals surface area contributed by atoms with Gasteiger partial charge in [-0.15, -0.1) is 0 Å². The molecule has 4 N–H and O–H groups in total. The molecule has 6 rings (SSSR count). The minimum Gasteiger partial charge on any atom is -0.479 e. The predicted octanol–water partition coefficient (Wildman–Crippen LogP) is 6.14. The van der Waals surface area contributed by atoms with Crippen LogP contribution in [-0.2, 0) is 46.5 Å². The number of likely N-dealkylation sites (tertiary alicyclic amines) is 1. The first kappa shape index (κ1) is 45.1. The molecule has 1 saturated heterocycles. The molecule has 0 spiro atoms. The number of hydrogen-bond donors (Lipinski definition) is 4. The van der Waals surface area contributed by atoms with Gasteiger partial charge in [-0.05, 0) is 84.8 Å². The molecule has 4 aromatic carbocycles. The number of halogens is 5. The number of nitrogens with zero attached hydrogens (tertiary/aromatic N) is 3. The van der Waals surface area contributed by atoms with Gasteiger partial charge in [0, 0.05) is 42.8 Å². The van der Waals surface area contributed by atoms with E-state index in [1.54, 1.807) is 24.3 Å². The first-order chi connectivity index (χ1) is 28.5. The monoisotopic (exact) mass is 837 g/mol. The van der Waals surface area contributed by atoms with Gasteiger partial charge in [0.25, 0.3) is 0 Å². The van der Waals surface area contributed by atoms with Crippen molar-refractivity contribution in [2.45, 2.75) is 70.1 Å². The van der Waals surface area contributed by atoms with Gasteiger partial charge in [0.05, 0.1) is 11.1 Å². The van der Waals surface area contributed by atoms with Crippen molar-refractivity contribution in [1.29, 1.82) is 0 Å². The van der Waals surface area contributed by atoms with Gasteiger partial charge in [0.2, 0.25) is 5.91 Å². The number of aromatic nitrogens is 1. The number of aryl methyl sites for hydroxylation is 2. The maximum absolute atomic E-state index is 14.6. The summed E-state index contributed by atoms with van der Waals surface area (Å²) in [5.74, 6) is -5.54. The lowest BCUT2D eigenvalue weighted by atomic mass is 10.00. The molecule has 1 amide bonds. The minimum atomic E-state index is -4.41. The van der Waals surface area contributed by atoms with Crippen molar-refractivity contribution in [2.75, 3.05) is 19.6 Å². The van der Waals surface area contributed by atoms with Crippen LogP contribution in [0.15, 0.2) is 102 Å². The molecule has 5 aromatic rings. The van der Waals surface area contributed by atoms with E-state index >= 15 is 0 Å². The molecule has 16 heteroatoms. The Morgan fingerprint density at radius 3 is 1.95 bits per heavy atom. The second-order valence-electron chi connectivity index (χ2n) is 14.3. The average molecular weight is 838 g/mol.